The van der Waals surface area contributed by atoms with E-state index >= 15 is 0 Å². The molecule has 0 aliphatic carbocycles. The summed E-state index contributed by atoms with van der Waals surface area (Å²) >= 11 is 0. The topological polar surface area (TPSA) is 3.24 Å². The maximum atomic E-state index is 3.72. The Kier molecular flexibility index (Phi) is 7.01. The van der Waals surface area contributed by atoms with Gasteiger partial charge in [0.25, 0.3) is 0 Å². The molecule has 1 nitrogen and oxygen atoms in total. The molecule has 0 aliphatic rings. The SMILES string of the molecule is C=CCN(CC=C)c1[c-]cccc1.[Li+]. The molecule has 0 bridgehead atoms. The van der Waals surface area contributed by atoms with E-state index in [1.807, 2.05) is 36.4 Å². The predicted octanol–water partition coefficient (Wildman–Crippen LogP) is -0.331. The molecule has 2 heteroatoms. The summed E-state index contributed by atoms with van der Waals surface area (Å²) in [6.45, 7) is 9.09. The quantitative estimate of drug-likeness (QED) is 0.340. The maximum absolute atomic E-state index is 3.72. The van der Waals surface area contributed by atoms with Crippen molar-refractivity contribution < 1.29 is 18.9 Å². The fraction of sp³-hybridized carbons (Fsp3) is 0.167. The van der Waals surface area contributed by atoms with Gasteiger partial charge in [-0.15, -0.1) is 19.2 Å². The Hall–Kier alpha value is -0.903. The molecular weight excluding hydrogens is 165 g/mol. The summed E-state index contributed by atoms with van der Waals surface area (Å²) in [7, 11) is 0. The summed E-state index contributed by atoms with van der Waals surface area (Å²) < 4.78 is 0. The van der Waals surface area contributed by atoms with Gasteiger partial charge in [-0.1, -0.05) is 17.8 Å². The Morgan fingerprint density at radius 3 is 2.29 bits per heavy atom. The number of hydrogen-bond donors (Lipinski definition) is 0. The van der Waals surface area contributed by atoms with Crippen molar-refractivity contribution in [2.75, 3.05) is 18.0 Å². The first-order chi connectivity index (χ1) is 6.38. The largest absolute Gasteiger partial charge is 1.00 e. The van der Waals surface area contributed by atoms with Crippen LogP contribution in [0.4, 0.5) is 5.69 Å². The van der Waals surface area contributed by atoms with Gasteiger partial charge in [0.2, 0.25) is 0 Å². The minimum atomic E-state index is 0. The second-order valence-electron chi connectivity index (χ2n) is 2.73. The number of anilines is 1. The van der Waals surface area contributed by atoms with E-state index in [4.69, 9.17) is 0 Å². The van der Waals surface area contributed by atoms with Crippen LogP contribution < -0.4 is 23.8 Å². The standard InChI is InChI=1S/C12H14N.Li/c1-3-10-13(11-4-2)12-8-6-5-7-9-12;/h3-8H,1-2,10-11H2;/q-1;+1. The van der Waals surface area contributed by atoms with Gasteiger partial charge in [-0.2, -0.15) is 24.3 Å². The van der Waals surface area contributed by atoms with E-state index in [0.29, 0.717) is 0 Å². The molecule has 0 amide bonds. The van der Waals surface area contributed by atoms with E-state index in [9.17, 15) is 0 Å². The maximum Gasteiger partial charge on any atom is 1.00 e. The van der Waals surface area contributed by atoms with Crippen molar-refractivity contribution >= 4 is 5.69 Å². The molecule has 0 N–H and O–H groups in total. The first kappa shape index (κ1) is 13.1. The first-order valence-corrected chi connectivity index (χ1v) is 4.32. The van der Waals surface area contributed by atoms with Crippen LogP contribution in [0.15, 0.2) is 49.6 Å². The van der Waals surface area contributed by atoms with Gasteiger partial charge >= 0.3 is 18.9 Å². The van der Waals surface area contributed by atoms with Crippen molar-refractivity contribution in [2.45, 2.75) is 0 Å². The van der Waals surface area contributed by atoms with Crippen LogP contribution in [0.1, 0.15) is 0 Å². The van der Waals surface area contributed by atoms with Crippen molar-refractivity contribution in [3.8, 4) is 0 Å². The molecule has 0 heterocycles. The number of para-hydroxylation sites is 1. The van der Waals surface area contributed by atoms with E-state index < -0.39 is 0 Å². The zero-order chi connectivity index (χ0) is 9.52. The van der Waals surface area contributed by atoms with Crippen LogP contribution >= 0.6 is 0 Å². The number of benzene rings is 1. The van der Waals surface area contributed by atoms with Crippen molar-refractivity contribution in [1.29, 1.82) is 0 Å². The average Bonchev–Trinajstić information content (AvgIpc) is 2.19. The fourth-order valence-corrected chi connectivity index (χ4v) is 1.16. The molecule has 0 aromatic heterocycles. The molecule has 1 rings (SSSR count). The van der Waals surface area contributed by atoms with Crippen molar-refractivity contribution in [3.05, 3.63) is 55.6 Å². The van der Waals surface area contributed by atoms with Crippen LogP contribution in [0.3, 0.4) is 0 Å². The third kappa shape index (κ3) is 3.87. The molecule has 14 heavy (non-hydrogen) atoms. The third-order valence-corrected chi connectivity index (χ3v) is 1.73. The smallest absolute Gasteiger partial charge is 0.386 e. The number of nitrogens with zero attached hydrogens (tertiary/aromatic N) is 1. The zero-order valence-electron chi connectivity index (χ0n) is 8.74. The van der Waals surface area contributed by atoms with E-state index in [1.54, 1.807) is 0 Å². The minimum Gasteiger partial charge on any atom is -0.386 e. The molecule has 0 unspecified atom stereocenters. The Morgan fingerprint density at radius 1 is 1.21 bits per heavy atom. The average molecular weight is 179 g/mol. The second-order valence-corrected chi connectivity index (χ2v) is 2.73. The van der Waals surface area contributed by atoms with Crippen molar-refractivity contribution in [2.24, 2.45) is 0 Å². The normalized spacial score (nSPS) is 8.57. The van der Waals surface area contributed by atoms with Crippen LogP contribution in [-0.4, -0.2) is 13.1 Å². The molecule has 68 valence electrons. The van der Waals surface area contributed by atoms with Gasteiger partial charge in [0.1, 0.15) is 0 Å². The molecule has 0 saturated heterocycles. The monoisotopic (exact) mass is 179 g/mol. The summed E-state index contributed by atoms with van der Waals surface area (Å²) in [6.07, 6.45) is 3.76. The summed E-state index contributed by atoms with van der Waals surface area (Å²) in [4.78, 5) is 2.15. The molecule has 0 radical (unpaired) electrons. The Balaban J connectivity index is 0.00000169. The van der Waals surface area contributed by atoms with E-state index in [1.165, 1.54) is 0 Å². The first-order valence-electron chi connectivity index (χ1n) is 4.32. The molecule has 0 spiro atoms. The van der Waals surface area contributed by atoms with Gasteiger partial charge in [0.15, 0.2) is 0 Å². The summed E-state index contributed by atoms with van der Waals surface area (Å²) in [6, 6.07) is 11.1. The van der Waals surface area contributed by atoms with E-state index in [0.717, 1.165) is 18.8 Å². The van der Waals surface area contributed by atoms with Crippen molar-refractivity contribution in [3.63, 3.8) is 0 Å². The minimum absolute atomic E-state index is 0. The fourth-order valence-electron chi connectivity index (χ4n) is 1.16. The number of hydrogen-bond acceptors (Lipinski definition) is 1. The molecule has 0 aliphatic heterocycles. The van der Waals surface area contributed by atoms with Crippen LogP contribution in [0, 0.1) is 6.07 Å². The zero-order valence-corrected chi connectivity index (χ0v) is 8.74. The van der Waals surface area contributed by atoms with Gasteiger partial charge in [-0.3, -0.25) is 0 Å². The second kappa shape index (κ2) is 7.50. The van der Waals surface area contributed by atoms with Gasteiger partial charge < -0.3 is 4.90 Å². The summed E-state index contributed by atoms with van der Waals surface area (Å²) in [5.74, 6) is 0. The van der Waals surface area contributed by atoms with Crippen LogP contribution in [0.2, 0.25) is 0 Å². The molecular formula is C12H14LiN. The summed E-state index contributed by atoms with van der Waals surface area (Å²) in [5, 5.41) is 0. The molecule has 0 saturated carbocycles. The van der Waals surface area contributed by atoms with Gasteiger partial charge in [-0.25, -0.2) is 0 Å². The molecule has 0 atom stereocenters. The molecule has 1 aromatic rings. The molecule has 0 fully saturated rings. The predicted molar refractivity (Wildman–Crippen MR) is 57.9 cm³/mol. The van der Waals surface area contributed by atoms with Crippen molar-refractivity contribution in [1.82, 2.24) is 0 Å². The Morgan fingerprint density at radius 2 is 1.86 bits per heavy atom. The summed E-state index contributed by atoms with van der Waals surface area (Å²) in [5.41, 5.74) is 1.09. The Labute approximate surface area is 98.3 Å². The van der Waals surface area contributed by atoms with Crippen LogP contribution in [0.5, 0.6) is 0 Å². The van der Waals surface area contributed by atoms with Gasteiger partial charge in [0.05, 0.1) is 0 Å². The van der Waals surface area contributed by atoms with Gasteiger partial charge in [-0.05, 0) is 0 Å². The van der Waals surface area contributed by atoms with E-state index in [-0.39, 0.29) is 18.9 Å². The van der Waals surface area contributed by atoms with Crippen LogP contribution in [-0.2, 0) is 0 Å². The molecule has 1 aromatic carbocycles. The Bertz CT molecular complexity index is 259. The van der Waals surface area contributed by atoms with Crippen LogP contribution in [0.25, 0.3) is 0 Å². The van der Waals surface area contributed by atoms with E-state index in [2.05, 4.69) is 24.1 Å². The third-order valence-electron chi connectivity index (χ3n) is 1.73. The van der Waals surface area contributed by atoms with Gasteiger partial charge in [0, 0.05) is 13.1 Å². The number of rotatable bonds is 5.